The molecule has 1 aromatic heterocycles. The fourth-order valence-corrected chi connectivity index (χ4v) is 2.23. The number of methoxy groups -OCH3 is 1. The van der Waals surface area contributed by atoms with Crippen LogP contribution in [0.15, 0.2) is 12.1 Å². The molecule has 0 radical (unpaired) electrons. The molecule has 80 valence electrons. The van der Waals surface area contributed by atoms with E-state index < -0.39 is 0 Å². The Hall–Kier alpha value is -0.380. The van der Waals surface area contributed by atoms with Crippen molar-refractivity contribution < 1.29 is 4.74 Å². The highest BCUT2D eigenvalue weighted by molar-refractivity contribution is 7.12. The highest BCUT2D eigenvalue weighted by atomic mass is 32.1. The molecular formula is C11H19NOS. The first-order valence-corrected chi connectivity index (χ1v) is 5.84. The summed E-state index contributed by atoms with van der Waals surface area (Å²) in [4.78, 5) is 2.80. The predicted octanol–water partition coefficient (Wildman–Crippen LogP) is 2.74. The van der Waals surface area contributed by atoms with Gasteiger partial charge in [-0.05, 0) is 38.9 Å². The van der Waals surface area contributed by atoms with E-state index in [-0.39, 0.29) is 0 Å². The van der Waals surface area contributed by atoms with E-state index in [0.717, 1.165) is 19.6 Å². The summed E-state index contributed by atoms with van der Waals surface area (Å²) in [6, 6.07) is 4.84. The largest absolute Gasteiger partial charge is 0.385 e. The number of hydrogen-bond donors (Lipinski definition) is 1. The molecule has 14 heavy (non-hydrogen) atoms. The van der Waals surface area contributed by atoms with Crippen LogP contribution in [0.25, 0.3) is 0 Å². The Labute approximate surface area is 90.3 Å². The maximum atomic E-state index is 5.00. The second-order valence-corrected chi connectivity index (χ2v) is 4.79. The van der Waals surface area contributed by atoms with Gasteiger partial charge in [0.1, 0.15) is 0 Å². The van der Waals surface area contributed by atoms with Gasteiger partial charge in [-0.1, -0.05) is 0 Å². The van der Waals surface area contributed by atoms with Crippen LogP contribution in [-0.2, 0) is 4.74 Å². The van der Waals surface area contributed by atoms with Crippen LogP contribution in [0.2, 0.25) is 0 Å². The molecule has 1 rings (SSSR count). The number of rotatable bonds is 6. The zero-order chi connectivity index (χ0) is 10.4. The molecule has 1 unspecified atom stereocenters. The molecule has 0 spiro atoms. The number of aryl methyl sites for hydroxylation is 1. The molecular weight excluding hydrogens is 194 g/mol. The lowest BCUT2D eigenvalue weighted by molar-refractivity contribution is 0.193. The van der Waals surface area contributed by atoms with Gasteiger partial charge in [-0.15, -0.1) is 11.3 Å². The maximum Gasteiger partial charge on any atom is 0.0474 e. The van der Waals surface area contributed by atoms with Crippen molar-refractivity contribution in [3.63, 3.8) is 0 Å². The molecule has 1 atom stereocenters. The third kappa shape index (κ3) is 3.78. The van der Waals surface area contributed by atoms with Crippen molar-refractivity contribution >= 4 is 11.3 Å². The fraction of sp³-hybridized carbons (Fsp3) is 0.636. The second kappa shape index (κ2) is 6.17. The van der Waals surface area contributed by atoms with Crippen LogP contribution >= 0.6 is 11.3 Å². The Morgan fingerprint density at radius 3 is 2.86 bits per heavy atom. The van der Waals surface area contributed by atoms with Gasteiger partial charge in [-0.3, -0.25) is 0 Å². The fourth-order valence-electron chi connectivity index (χ4n) is 1.32. The summed E-state index contributed by atoms with van der Waals surface area (Å²) in [5.41, 5.74) is 0. The summed E-state index contributed by atoms with van der Waals surface area (Å²) >= 11 is 1.87. The van der Waals surface area contributed by atoms with Crippen molar-refractivity contribution in [2.45, 2.75) is 26.3 Å². The first-order chi connectivity index (χ1) is 6.74. The molecule has 0 aliphatic carbocycles. The Kier molecular flexibility index (Phi) is 5.15. The van der Waals surface area contributed by atoms with Crippen LogP contribution in [0.4, 0.5) is 0 Å². The molecule has 0 bridgehead atoms. The topological polar surface area (TPSA) is 21.3 Å². The van der Waals surface area contributed by atoms with Gasteiger partial charge in [0.2, 0.25) is 0 Å². The van der Waals surface area contributed by atoms with E-state index in [9.17, 15) is 0 Å². The SMILES string of the molecule is COCCCNC(C)c1ccc(C)s1. The van der Waals surface area contributed by atoms with Gasteiger partial charge >= 0.3 is 0 Å². The van der Waals surface area contributed by atoms with Gasteiger partial charge < -0.3 is 10.1 Å². The minimum Gasteiger partial charge on any atom is -0.385 e. The molecule has 0 fully saturated rings. The van der Waals surface area contributed by atoms with Gasteiger partial charge in [0.25, 0.3) is 0 Å². The van der Waals surface area contributed by atoms with Gasteiger partial charge in [0.15, 0.2) is 0 Å². The first-order valence-electron chi connectivity index (χ1n) is 5.02. The van der Waals surface area contributed by atoms with Crippen molar-refractivity contribution in [3.05, 3.63) is 21.9 Å². The van der Waals surface area contributed by atoms with E-state index >= 15 is 0 Å². The zero-order valence-electron chi connectivity index (χ0n) is 9.17. The van der Waals surface area contributed by atoms with Crippen LogP contribution in [0.1, 0.15) is 29.1 Å². The highest BCUT2D eigenvalue weighted by Gasteiger charge is 2.05. The molecule has 3 heteroatoms. The molecule has 0 aliphatic rings. The lowest BCUT2D eigenvalue weighted by Crippen LogP contribution is -2.19. The zero-order valence-corrected chi connectivity index (χ0v) is 9.99. The predicted molar refractivity (Wildman–Crippen MR) is 62.0 cm³/mol. The molecule has 1 heterocycles. The van der Waals surface area contributed by atoms with E-state index in [1.165, 1.54) is 9.75 Å². The van der Waals surface area contributed by atoms with Crippen LogP contribution in [0, 0.1) is 6.92 Å². The van der Waals surface area contributed by atoms with Crippen LogP contribution in [0.3, 0.4) is 0 Å². The number of ether oxygens (including phenoxy) is 1. The molecule has 0 saturated carbocycles. The van der Waals surface area contributed by atoms with Crippen LogP contribution in [-0.4, -0.2) is 20.3 Å². The Morgan fingerprint density at radius 1 is 1.50 bits per heavy atom. The van der Waals surface area contributed by atoms with E-state index in [4.69, 9.17) is 4.74 Å². The molecule has 2 nitrogen and oxygen atoms in total. The normalized spacial score (nSPS) is 13.1. The quantitative estimate of drug-likeness (QED) is 0.734. The molecule has 0 amide bonds. The third-order valence-electron chi connectivity index (χ3n) is 2.16. The van der Waals surface area contributed by atoms with Crippen molar-refractivity contribution in [1.29, 1.82) is 0 Å². The van der Waals surface area contributed by atoms with E-state index in [1.54, 1.807) is 7.11 Å². The number of hydrogen-bond acceptors (Lipinski definition) is 3. The lowest BCUT2D eigenvalue weighted by Gasteiger charge is -2.11. The summed E-state index contributed by atoms with van der Waals surface area (Å²) in [7, 11) is 1.74. The molecule has 0 aromatic carbocycles. The average Bonchev–Trinajstić information content (AvgIpc) is 2.59. The Bertz CT molecular complexity index is 260. The van der Waals surface area contributed by atoms with Crippen molar-refractivity contribution in [1.82, 2.24) is 5.32 Å². The lowest BCUT2D eigenvalue weighted by atomic mass is 10.2. The summed E-state index contributed by atoms with van der Waals surface area (Å²) in [6.45, 7) is 6.21. The minimum absolute atomic E-state index is 0.463. The number of thiophene rings is 1. The monoisotopic (exact) mass is 213 g/mol. The molecule has 1 N–H and O–H groups in total. The summed E-state index contributed by atoms with van der Waals surface area (Å²) in [6.07, 6.45) is 1.07. The van der Waals surface area contributed by atoms with Crippen LogP contribution in [0.5, 0.6) is 0 Å². The van der Waals surface area contributed by atoms with Gasteiger partial charge in [0, 0.05) is 29.5 Å². The third-order valence-corrected chi connectivity index (χ3v) is 3.35. The Balaban J connectivity index is 2.25. The first kappa shape index (κ1) is 11.7. The van der Waals surface area contributed by atoms with E-state index in [0.29, 0.717) is 6.04 Å². The smallest absolute Gasteiger partial charge is 0.0474 e. The van der Waals surface area contributed by atoms with E-state index in [1.807, 2.05) is 11.3 Å². The van der Waals surface area contributed by atoms with Gasteiger partial charge in [-0.25, -0.2) is 0 Å². The summed E-state index contributed by atoms with van der Waals surface area (Å²) in [5, 5.41) is 3.48. The van der Waals surface area contributed by atoms with Crippen molar-refractivity contribution in [3.8, 4) is 0 Å². The second-order valence-electron chi connectivity index (χ2n) is 3.47. The van der Waals surface area contributed by atoms with E-state index in [2.05, 4.69) is 31.3 Å². The number of nitrogens with one attached hydrogen (secondary N) is 1. The summed E-state index contributed by atoms with van der Waals surface area (Å²) in [5.74, 6) is 0. The minimum atomic E-state index is 0.463. The maximum absolute atomic E-state index is 5.00. The van der Waals surface area contributed by atoms with Crippen molar-refractivity contribution in [2.75, 3.05) is 20.3 Å². The summed E-state index contributed by atoms with van der Waals surface area (Å²) < 4.78 is 5.00. The highest BCUT2D eigenvalue weighted by Crippen LogP contribution is 2.21. The standard InChI is InChI=1S/C11H19NOS/c1-9-5-6-11(14-9)10(2)12-7-4-8-13-3/h5-6,10,12H,4,7-8H2,1-3H3. The van der Waals surface area contributed by atoms with Gasteiger partial charge in [-0.2, -0.15) is 0 Å². The van der Waals surface area contributed by atoms with Crippen molar-refractivity contribution in [2.24, 2.45) is 0 Å². The van der Waals surface area contributed by atoms with Crippen LogP contribution < -0.4 is 5.32 Å². The average molecular weight is 213 g/mol. The molecule has 1 aromatic rings. The molecule has 0 saturated heterocycles. The molecule has 0 aliphatic heterocycles. The van der Waals surface area contributed by atoms with Gasteiger partial charge in [0.05, 0.1) is 0 Å². The Morgan fingerprint density at radius 2 is 2.29 bits per heavy atom.